The Morgan fingerprint density at radius 1 is 1.15 bits per heavy atom. The van der Waals surface area contributed by atoms with Crippen molar-refractivity contribution < 1.29 is 23.0 Å². The van der Waals surface area contributed by atoms with E-state index in [1.165, 1.54) is 32.6 Å². The van der Waals surface area contributed by atoms with Crippen LogP contribution in [0.25, 0.3) is 11.0 Å². The van der Waals surface area contributed by atoms with Crippen molar-refractivity contribution in [1.82, 2.24) is 9.97 Å². The number of anilines is 1. The number of fused-ring (bicyclic) bond motifs is 1. The standard InChI is InChI=1S/C17H16F2N4O3/c1-24-13-7-10(8-14(25-2)15(13)26-16(18)19)9-20-23-17-21-11-5-3-4-6-12(11)22-17/h3-9,16H,1-2H3,(H2,21,22,23)/b20-9-. The van der Waals surface area contributed by atoms with E-state index in [-0.39, 0.29) is 17.2 Å². The lowest BCUT2D eigenvalue weighted by molar-refractivity contribution is -0.0526. The number of hydrazone groups is 1. The number of nitrogens with zero attached hydrogens (tertiary/aromatic N) is 2. The highest BCUT2D eigenvalue weighted by Gasteiger charge is 2.17. The molecular weight excluding hydrogens is 346 g/mol. The molecule has 1 aromatic heterocycles. The molecular formula is C17H16F2N4O3. The van der Waals surface area contributed by atoms with E-state index in [1.54, 1.807) is 0 Å². The van der Waals surface area contributed by atoms with Gasteiger partial charge in [-0.15, -0.1) is 0 Å². The maximum atomic E-state index is 12.6. The van der Waals surface area contributed by atoms with Gasteiger partial charge >= 0.3 is 6.61 Å². The van der Waals surface area contributed by atoms with Crippen molar-refractivity contribution in [3.05, 3.63) is 42.0 Å². The first-order chi connectivity index (χ1) is 12.6. The molecule has 0 aliphatic carbocycles. The van der Waals surface area contributed by atoms with Gasteiger partial charge in [-0.25, -0.2) is 10.4 Å². The lowest BCUT2D eigenvalue weighted by atomic mass is 10.2. The number of methoxy groups -OCH3 is 2. The molecule has 26 heavy (non-hydrogen) atoms. The predicted octanol–water partition coefficient (Wildman–Crippen LogP) is 3.63. The molecule has 3 rings (SSSR count). The van der Waals surface area contributed by atoms with Gasteiger partial charge in [0.25, 0.3) is 0 Å². The monoisotopic (exact) mass is 362 g/mol. The van der Waals surface area contributed by atoms with Crippen LogP contribution in [0.2, 0.25) is 0 Å². The summed E-state index contributed by atoms with van der Waals surface area (Å²) in [5.41, 5.74) is 5.02. The Kier molecular flexibility index (Phi) is 5.16. The van der Waals surface area contributed by atoms with E-state index in [9.17, 15) is 8.78 Å². The number of aromatic nitrogens is 2. The first kappa shape index (κ1) is 17.5. The zero-order valence-corrected chi connectivity index (χ0v) is 14.0. The summed E-state index contributed by atoms with van der Waals surface area (Å²) < 4.78 is 39.8. The molecule has 0 bridgehead atoms. The molecule has 0 saturated heterocycles. The fourth-order valence-corrected chi connectivity index (χ4v) is 2.35. The van der Waals surface area contributed by atoms with Crippen LogP contribution in [0.15, 0.2) is 41.5 Å². The number of H-pyrrole nitrogens is 1. The third-order valence-corrected chi connectivity index (χ3v) is 3.46. The molecule has 136 valence electrons. The summed E-state index contributed by atoms with van der Waals surface area (Å²) in [6.07, 6.45) is 1.48. The number of halogens is 2. The summed E-state index contributed by atoms with van der Waals surface area (Å²) in [7, 11) is 2.70. The van der Waals surface area contributed by atoms with Crippen molar-refractivity contribution >= 4 is 23.2 Å². The van der Waals surface area contributed by atoms with Crippen molar-refractivity contribution in [1.29, 1.82) is 0 Å². The summed E-state index contributed by atoms with van der Waals surface area (Å²) in [5, 5.41) is 4.08. The Hall–Kier alpha value is -3.36. The molecule has 1 heterocycles. The lowest BCUT2D eigenvalue weighted by Gasteiger charge is -2.14. The molecule has 2 N–H and O–H groups in total. The van der Waals surface area contributed by atoms with Crippen molar-refractivity contribution in [3.63, 3.8) is 0 Å². The zero-order chi connectivity index (χ0) is 18.5. The molecule has 0 radical (unpaired) electrons. The van der Waals surface area contributed by atoms with Gasteiger partial charge in [0.15, 0.2) is 11.5 Å². The van der Waals surface area contributed by atoms with Crippen LogP contribution in [-0.2, 0) is 0 Å². The SMILES string of the molecule is COc1cc(/C=N\Nc2nc3ccccc3[nH]2)cc(OC)c1OC(F)F. The van der Waals surface area contributed by atoms with Gasteiger partial charge in [0.05, 0.1) is 31.5 Å². The van der Waals surface area contributed by atoms with E-state index in [0.717, 1.165) is 11.0 Å². The minimum Gasteiger partial charge on any atom is -0.493 e. The third-order valence-electron chi connectivity index (χ3n) is 3.46. The Morgan fingerprint density at radius 2 is 1.85 bits per heavy atom. The molecule has 0 unspecified atom stereocenters. The first-order valence-corrected chi connectivity index (χ1v) is 7.55. The fraction of sp³-hybridized carbons (Fsp3) is 0.176. The van der Waals surface area contributed by atoms with Crippen LogP contribution in [0.3, 0.4) is 0 Å². The summed E-state index contributed by atoms with van der Waals surface area (Å²) >= 11 is 0. The minimum atomic E-state index is -2.99. The Morgan fingerprint density at radius 3 is 2.46 bits per heavy atom. The van der Waals surface area contributed by atoms with Crippen LogP contribution in [0, 0.1) is 0 Å². The maximum absolute atomic E-state index is 12.6. The highest BCUT2D eigenvalue weighted by atomic mass is 19.3. The molecule has 0 atom stereocenters. The van der Waals surface area contributed by atoms with Crippen LogP contribution >= 0.6 is 0 Å². The number of imidazole rings is 1. The number of benzene rings is 2. The Labute approximate surface area is 147 Å². The highest BCUT2D eigenvalue weighted by molar-refractivity contribution is 5.83. The van der Waals surface area contributed by atoms with E-state index in [4.69, 9.17) is 9.47 Å². The van der Waals surface area contributed by atoms with Crippen molar-refractivity contribution in [2.24, 2.45) is 5.10 Å². The topological polar surface area (TPSA) is 80.8 Å². The molecule has 0 saturated carbocycles. The van der Waals surface area contributed by atoms with Gasteiger partial charge in [0, 0.05) is 5.56 Å². The van der Waals surface area contributed by atoms with E-state index < -0.39 is 6.61 Å². The molecule has 0 aliphatic rings. The van der Waals surface area contributed by atoms with Gasteiger partial charge in [-0.3, -0.25) is 0 Å². The zero-order valence-electron chi connectivity index (χ0n) is 14.0. The second-order valence-corrected chi connectivity index (χ2v) is 5.11. The van der Waals surface area contributed by atoms with Crippen molar-refractivity contribution in [3.8, 4) is 17.2 Å². The summed E-state index contributed by atoms with van der Waals surface area (Å²) in [5.74, 6) is 0.510. The fourth-order valence-electron chi connectivity index (χ4n) is 2.35. The minimum absolute atomic E-state index is 0.106. The largest absolute Gasteiger partial charge is 0.493 e. The molecule has 0 spiro atoms. The van der Waals surface area contributed by atoms with E-state index >= 15 is 0 Å². The normalized spacial score (nSPS) is 11.3. The van der Waals surface area contributed by atoms with Gasteiger partial charge in [-0.05, 0) is 24.3 Å². The summed E-state index contributed by atoms with van der Waals surface area (Å²) in [6.45, 7) is -2.99. The van der Waals surface area contributed by atoms with Gasteiger partial charge in [-0.1, -0.05) is 12.1 Å². The molecule has 0 amide bonds. The highest BCUT2D eigenvalue weighted by Crippen LogP contribution is 2.39. The molecule has 9 heteroatoms. The van der Waals surface area contributed by atoms with Crippen LogP contribution in [-0.4, -0.2) is 37.0 Å². The Balaban J connectivity index is 1.80. The van der Waals surface area contributed by atoms with Gasteiger partial charge in [-0.2, -0.15) is 13.9 Å². The molecule has 2 aromatic carbocycles. The second kappa shape index (κ2) is 7.68. The van der Waals surface area contributed by atoms with Crippen molar-refractivity contribution in [2.75, 3.05) is 19.6 Å². The molecule has 3 aromatic rings. The first-order valence-electron chi connectivity index (χ1n) is 7.55. The molecule has 0 fully saturated rings. The number of ether oxygens (including phenoxy) is 3. The van der Waals surface area contributed by atoms with Crippen LogP contribution < -0.4 is 19.6 Å². The number of para-hydroxylation sites is 2. The number of hydrogen-bond donors (Lipinski definition) is 2. The average Bonchev–Trinajstić information content (AvgIpc) is 3.04. The number of aromatic amines is 1. The molecule has 7 nitrogen and oxygen atoms in total. The lowest BCUT2D eigenvalue weighted by Crippen LogP contribution is -2.06. The third kappa shape index (κ3) is 3.82. The predicted molar refractivity (Wildman–Crippen MR) is 93.5 cm³/mol. The quantitative estimate of drug-likeness (QED) is 0.496. The van der Waals surface area contributed by atoms with Crippen LogP contribution in [0.1, 0.15) is 5.56 Å². The maximum Gasteiger partial charge on any atom is 0.387 e. The number of rotatable bonds is 7. The van der Waals surface area contributed by atoms with Crippen molar-refractivity contribution in [2.45, 2.75) is 6.61 Å². The van der Waals surface area contributed by atoms with E-state index in [1.807, 2.05) is 24.3 Å². The second-order valence-electron chi connectivity index (χ2n) is 5.11. The van der Waals surface area contributed by atoms with Gasteiger partial charge < -0.3 is 19.2 Å². The number of hydrogen-bond acceptors (Lipinski definition) is 6. The van der Waals surface area contributed by atoms with Crippen LogP contribution in [0.5, 0.6) is 17.2 Å². The van der Waals surface area contributed by atoms with Crippen LogP contribution in [0.4, 0.5) is 14.7 Å². The van der Waals surface area contributed by atoms with Gasteiger partial charge in [0.2, 0.25) is 11.7 Å². The smallest absolute Gasteiger partial charge is 0.387 e. The Bertz CT molecular complexity index is 869. The summed E-state index contributed by atoms with van der Waals surface area (Å²) in [4.78, 5) is 7.39. The average molecular weight is 362 g/mol. The molecule has 0 aliphatic heterocycles. The van der Waals surface area contributed by atoms with E-state index in [2.05, 4.69) is 25.2 Å². The number of nitrogens with one attached hydrogen (secondary N) is 2. The number of alkyl halides is 2. The summed E-state index contributed by atoms with van der Waals surface area (Å²) in [6, 6.07) is 10.6. The van der Waals surface area contributed by atoms with E-state index in [0.29, 0.717) is 11.5 Å². The van der Waals surface area contributed by atoms with Gasteiger partial charge in [0.1, 0.15) is 0 Å².